The third-order valence-electron chi connectivity index (χ3n) is 3.07. The first-order valence-corrected chi connectivity index (χ1v) is 5.86. The molecule has 0 amide bonds. The van der Waals surface area contributed by atoms with Crippen LogP contribution in [0.1, 0.15) is 29.3 Å². The van der Waals surface area contributed by atoms with Crippen LogP contribution in [-0.2, 0) is 6.42 Å². The molecule has 0 radical (unpaired) electrons. The van der Waals surface area contributed by atoms with Crippen molar-refractivity contribution in [2.75, 3.05) is 0 Å². The maximum atomic E-state index is 5.91. The van der Waals surface area contributed by atoms with Gasteiger partial charge in [0.1, 0.15) is 6.10 Å². The molecule has 1 heterocycles. The smallest absolute Gasteiger partial charge is 0.233 e. The molecule has 0 fully saturated rings. The number of nitrogens with zero attached hydrogens (tertiary/aromatic N) is 2. The lowest BCUT2D eigenvalue weighted by Crippen LogP contribution is -2.05. The number of hydrogen-bond acceptors (Lipinski definition) is 3. The van der Waals surface area contributed by atoms with E-state index in [4.69, 9.17) is 4.74 Å². The van der Waals surface area contributed by atoms with E-state index in [1.807, 2.05) is 6.92 Å². The van der Waals surface area contributed by atoms with Crippen LogP contribution in [0.4, 0.5) is 0 Å². The summed E-state index contributed by atoms with van der Waals surface area (Å²) >= 11 is 0. The Bertz CT molecular complexity index is 539. The summed E-state index contributed by atoms with van der Waals surface area (Å²) in [5.41, 5.74) is 3.56. The number of fused-ring (bicyclic) bond motifs is 1. The molecule has 0 bridgehead atoms. The average molecular weight is 226 g/mol. The molecule has 86 valence electrons. The Kier molecular flexibility index (Phi) is 2.52. The molecule has 0 N–H and O–H groups in total. The molecule has 1 aromatic carbocycles. The minimum atomic E-state index is 0.127. The molecule has 1 unspecified atom stereocenters. The SMILES string of the molecule is Cc1cncc(OC2CCc3ccccc32)n1. The van der Waals surface area contributed by atoms with Gasteiger partial charge >= 0.3 is 0 Å². The second-order valence-electron chi connectivity index (χ2n) is 4.34. The molecule has 3 heteroatoms. The van der Waals surface area contributed by atoms with Gasteiger partial charge in [-0.3, -0.25) is 4.98 Å². The third-order valence-corrected chi connectivity index (χ3v) is 3.07. The van der Waals surface area contributed by atoms with E-state index >= 15 is 0 Å². The van der Waals surface area contributed by atoms with Gasteiger partial charge in [0.15, 0.2) is 0 Å². The lowest BCUT2D eigenvalue weighted by Gasteiger charge is -2.13. The molecule has 3 nitrogen and oxygen atoms in total. The Labute approximate surface area is 100 Å². The number of benzene rings is 1. The van der Waals surface area contributed by atoms with Gasteiger partial charge in [0.25, 0.3) is 0 Å². The van der Waals surface area contributed by atoms with E-state index in [1.165, 1.54) is 11.1 Å². The fraction of sp³-hybridized carbons (Fsp3) is 0.286. The lowest BCUT2D eigenvalue weighted by molar-refractivity contribution is 0.197. The minimum Gasteiger partial charge on any atom is -0.468 e. The first-order valence-electron chi connectivity index (χ1n) is 5.86. The summed E-state index contributed by atoms with van der Waals surface area (Å²) in [6, 6.07) is 8.44. The second kappa shape index (κ2) is 4.17. The zero-order chi connectivity index (χ0) is 11.7. The van der Waals surface area contributed by atoms with Crippen LogP contribution in [0, 0.1) is 6.92 Å². The van der Waals surface area contributed by atoms with Gasteiger partial charge in [-0.05, 0) is 30.9 Å². The standard InChI is InChI=1S/C14H14N2O/c1-10-8-15-9-14(16-10)17-13-7-6-11-4-2-3-5-12(11)13/h2-5,8-9,13H,6-7H2,1H3. The zero-order valence-electron chi connectivity index (χ0n) is 9.76. The predicted octanol–water partition coefficient (Wildman–Crippen LogP) is 2.85. The van der Waals surface area contributed by atoms with Gasteiger partial charge in [0.2, 0.25) is 5.88 Å². The van der Waals surface area contributed by atoms with Crippen molar-refractivity contribution in [3.63, 3.8) is 0 Å². The molecule has 1 aliphatic carbocycles. The maximum absolute atomic E-state index is 5.91. The summed E-state index contributed by atoms with van der Waals surface area (Å²) in [6.45, 7) is 1.92. The van der Waals surface area contributed by atoms with Crippen LogP contribution in [0.25, 0.3) is 0 Å². The molecule has 1 aliphatic rings. The molecule has 17 heavy (non-hydrogen) atoms. The van der Waals surface area contributed by atoms with Crippen molar-refractivity contribution < 1.29 is 4.74 Å². The predicted molar refractivity (Wildman–Crippen MR) is 64.9 cm³/mol. The first-order chi connectivity index (χ1) is 8.33. The van der Waals surface area contributed by atoms with E-state index in [0.717, 1.165) is 18.5 Å². The highest BCUT2D eigenvalue weighted by molar-refractivity contribution is 5.34. The summed E-state index contributed by atoms with van der Waals surface area (Å²) in [5, 5.41) is 0. The summed E-state index contributed by atoms with van der Waals surface area (Å²) in [7, 11) is 0. The normalized spacial score (nSPS) is 17.8. The molecule has 1 aromatic heterocycles. The van der Waals surface area contributed by atoms with Crippen molar-refractivity contribution in [1.82, 2.24) is 9.97 Å². The van der Waals surface area contributed by atoms with Crippen LogP contribution in [0.5, 0.6) is 5.88 Å². The molecule has 0 saturated heterocycles. The molecule has 1 atom stereocenters. The third kappa shape index (κ3) is 2.00. The van der Waals surface area contributed by atoms with Gasteiger partial charge in [-0.25, -0.2) is 4.98 Å². The number of hydrogen-bond donors (Lipinski definition) is 0. The fourth-order valence-electron chi connectivity index (χ4n) is 2.28. The highest BCUT2D eigenvalue weighted by Crippen LogP contribution is 2.33. The van der Waals surface area contributed by atoms with Crippen molar-refractivity contribution in [2.24, 2.45) is 0 Å². The summed E-state index contributed by atoms with van der Waals surface area (Å²) in [6.07, 6.45) is 5.64. The van der Waals surface area contributed by atoms with E-state index in [0.29, 0.717) is 5.88 Å². The number of aryl methyl sites for hydroxylation is 2. The number of rotatable bonds is 2. The van der Waals surface area contributed by atoms with Crippen molar-refractivity contribution in [1.29, 1.82) is 0 Å². The van der Waals surface area contributed by atoms with Gasteiger partial charge in [-0.2, -0.15) is 0 Å². The van der Waals surface area contributed by atoms with E-state index in [-0.39, 0.29) is 6.10 Å². The van der Waals surface area contributed by atoms with Crippen molar-refractivity contribution in [3.05, 3.63) is 53.5 Å². The number of aromatic nitrogens is 2. The highest BCUT2D eigenvalue weighted by Gasteiger charge is 2.23. The maximum Gasteiger partial charge on any atom is 0.233 e. The van der Waals surface area contributed by atoms with Crippen LogP contribution >= 0.6 is 0 Å². The Morgan fingerprint density at radius 3 is 3.00 bits per heavy atom. The summed E-state index contributed by atoms with van der Waals surface area (Å²) < 4.78 is 5.91. The first kappa shape index (κ1) is 10.3. The quantitative estimate of drug-likeness (QED) is 0.789. The van der Waals surface area contributed by atoms with E-state index < -0.39 is 0 Å². The average Bonchev–Trinajstić information content (AvgIpc) is 2.73. The Hall–Kier alpha value is -1.90. The molecule has 0 aliphatic heterocycles. The van der Waals surface area contributed by atoms with Crippen LogP contribution in [0.2, 0.25) is 0 Å². The highest BCUT2D eigenvalue weighted by atomic mass is 16.5. The van der Waals surface area contributed by atoms with Crippen LogP contribution in [-0.4, -0.2) is 9.97 Å². The molecular formula is C14H14N2O. The summed E-state index contributed by atoms with van der Waals surface area (Å²) in [5.74, 6) is 0.617. The number of ether oxygens (including phenoxy) is 1. The van der Waals surface area contributed by atoms with Gasteiger partial charge in [-0.15, -0.1) is 0 Å². The largest absolute Gasteiger partial charge is 0.468 e. The van der Waals surface area contributed by atoms with Crippen molar-refractivity contribution in [2.45, 2.75) is 25.9 Å². The van der Waals surface area contributed by atoms with Crippen molar-refractivity contribution in [3.8, 4) is 5.88 Å². The topological polar surface area (TPSA) is 35.0 Å². The molecular weight excluding hydrogens is 212 g/mol. The Morgan fingerprint density at radius 2 is 2.12 bits per heavy atom. The second-order valence-corrected chi connectivity index (χ2v) is 4.34. The van der Waals surface area contributed by atoms with Gasteiger partial charge in [0.05, 0.1) is 11.9 Å². The zero-order valence-corrected chi connectivity index (χ0v) is 9.76. The van der Waals surface area contributed by atoms with Gasteiger partial charge in [-0.1, -0.05) is 24.3 Å². The molecule has 3 rings (SSSR count). The molecule has 0 spiro atoms. The Morgan fingerprint density at radius 1 is 1.24 bits per heavy atom. The van der Waals surface area contributed by atoms with Gasteiger partial charge in [0, 0.05) is 6.20 Å². The van der Waals surface area contributed by atoms with Crippen LogP contribution in [0.15, 0.2) is 36.7 Å². The fourth-order valence-corrected chi connectivity index (χ4v) is 2.28. The van der Waals surface area contributed by atoms with E-state index in [9.17, 15) is 0 Å². The Balaban J connectivity index is 1.84. The lowest BCUT2D eigenvalue weighted by atomic mass is 10.1. The van der Waals surface area contributed by atoms with E-state index in [2.05, 4.69) is 34.2 Å². The monoisotopic (exact) mass is 226 g/mol. The molecule has 2 aromatic rings. The summed E-state index contributed by atoms with van der Waals surface area (Å²) in [4.78, 5) is 8.42. The van der Waals surface area contributed by atoms with Crippen molar-refractivity contribution >= 4 is 0 Å². The van der Waals surface area contributed by atoms with Crippen LogP contribution < -0.4 is 4.74 Å². The minimum absolute atomic E-state index is 0.127. The van der Waals surface area contributed by atoms with Crippen LogP contribution in [0.3, 0.4) is 0 Å². The van der Waals surface area contributed by atoms with E-state index in [1.54, 1.807) is 12.4 Å². The molecule has 0 saturated carbocycles. The van der Waals surface area contributed by atoms with Gasteiger partial charge < -0.3 is 4.74 Å².